The van der Waals surface area contributed by atoms with E-state index in [0.717, 1.165) is 18.4 Å². The largest absolute Gasteiger partial charge is 0.464 e. The summed E-state index contributed by atoms with van der Waals surface area (Å²) in [6.45, 7) is 3.20. The average Bonchev–Trinajstić information content (AvgIpc) is 2.70. The van der Waals surface area contributed by atoms with Crippen LogP contribution in [-0.4, -0.2) is 48.6 Å². The number of piperidine rings is 1. The van der Waals surface area contributed by atoms with Gasteiger partial charge < -0.3 is 19.7 Å². The summed E-state index contributed by atoms with van der Waals surface area (Å²) in [7, 11) is 0. The van der Waals surface area contributed by atoms with Gasteiger partial charge in [0.05, 0.1) is 6.61 Å². The van der Waals surface area contributed by atoms with E-state index < -0.39 is 12.1 Å². The van der Waals surface area contributed by atoms with Gasteiger partial charge in [-0.05, 0) is 38.2 Å². The number of alkyl carbamates (subject to hydrolysis) is 1. The quantitative estimate of drug-likeness (QED) is 0.557. The molecule has 1 aliphatic heterocycles. The van der Waals surface area contributed by atoms with Crippen molar-refractivity contribution < 1.29 is 23.9 Å². The van der Waals surface area contributed by atoms with Crippen LogP contribution < -0.4 is 5.32 Å². The van der Waals surface area contributed by atoms with Crippen LogP contribution in [0.1, 0.15) is 44.6 Å². The molecule has 1 aromatic carbocycles. The number of nitrogens with zero attached hydrogens (tertiary/aromatic N) is 1. The molecule has 0 aromatic heterocycles. The Labute approximate surface area is 160 Å². The molecule has 1 aromatic rings. The zero-order valence-corrected chi connectivity index (χ0v) is 15.8. The van der Waals surface area contributed by atoms with E-state index in [-0.39, 0.29) is 24.9 Å². The van der Waals surface area contributed by atoms with E-state index in [1.54, 1.807) is 11.8 Å². The van der Waals surface area contributed by atoms with Crippen LogP contribution in [0.5, 0.6) is 0 Å². The molecule has 1 fully saturated rings. The lowest BCUT2D eigenvalue weighted by atomic mass is 10.0. The minimum absolute atomic E-state index is 0.0767. The number of hydrogen-bond acceptors (Lipinski definition) is 5. The van der Waals surface area contributed by atoms with Crippen molar-refractivity contribution in [2.45, 2.75) is 51.7 Å². The van der Waals surface area contributed by atoms with E-state index in [4.69, 9.17) is 9.47 Å². The monoisotopic (exact) mass is 376 g/mol. The molecule has 0 aliphatic carbocycles. The first-order valence-electron chi connectivity index (χ1n) is 9.52. The van der Waals surface area contributed by atoms with Gasteiger partial charge in [-0.3, -0.25) is 4.79 Å². The molecule has 1 unspecified atom stereocenters. The van der Waals surface area contributed by atoms with Gasteiger partial charge in [-0.2, -0.15) is 0 Å². The molecule has 2 amide bonds. The van der Waals surface area contributed by atoms with E-state index in [1.165, 1.54) is 0 Å². The molecule has 148 valence electrons. The van der Waals surface area contributed by atoms with E-state index in [9.17, 15) is 14.4 Å². The Morgan fingerprint density at radius 2 is 1.93 bits per heavy atom. The Balaban J connectivity index is 1.67. The zero-order chi connectivity index (χ0) is 19.5. The van der Waals surface area contributed by atoms with Crippen LogP contribution in [0.4, 0.5) is 4.79 Å². The Kier molecular flexibility index (Phi) is 8.61. The summed E-state index contributed by atoms with van der Waals surface area (Å²) >= 11 is 0. The molecule has 2 rings (SSSR count). The molecule has 27 heavy (non-hydrogen) atoms. The molecule has 1 aliphatic rings. The molecular formula is C20H28N2O5. The van der Waals surface area contributed by atoms with Crippen molar-refractivity contribution in [3.05, 3.63) is 35.9 Å². The SMILES string of the molecule is CCOC(=O)C1CCCCN1C(=O)CCCNC(=O)OCc1ccccc1. The number of rotatable bonds is 8. The Hall–Kier alpha value is -2.57. The molecular weight excluding hydrogens is 348 g/mol. The Bertz CT molecular complexity index is 620. The summed E-state index contributed by atoms with van der Waals surface area (Å²) in [4.78, 5) is 37.8. The topological polar surface area (TPSA) is 84.9 Å². The molecule has 1 saturated heterocycles. The molecule has 0 bridgehead atoms. The van der Waals surface area contributed by atoms with Crippen LogP contribution in [0.2, 0.25) is 0 Å². The molecule has 0 radical (unpaired) electrons. The van der Waals surface area contributed by atoms with Crippen molar-refractivity contribution in [2.24, 2.45) is 0 Å². The number of carbonyl (C=O) groups is 3. The zero-order valence-electron chi connectivity index (χ0n) is 15.8. The van der Waals surface area contributed by atoms with E-state index in [0.29, 0.717) is 32.5 Å². The van der Waals surface area contributed by atoms with Crippen LogP contribution >= 0.6 is 0 Å². The first kappa shape index (κ1) is 20.7. The predicted molar refractivity (Wildman–Crippen MR) is 99.8 cm³/mol. The summed E-state index contributed by atoms with van der Waals surface area (Å²) in [6.07, 6.45) is 2.72. The summed E-state index contributed by atoms with van der Waals surface area (Å²) in [5.74, 6) is -0.402. The van der Waals surface area contributed by atoms with Gasteiger partial charge in [0.25, 0.3) is 0 Å². The normalized spacial score (nSPS) is 16.5. The molecule has 7 heteroatoms. The second-order valence-corrected chi connectivity index (χ2v) is 6.44. The first-order chi connectivity index (χ1) is 13.1. The van der Waals surface area contributed by atoms with Crippen LogP contribution in [0, 0.1) is 0 Å². The van der Waals surface area contributed by atoms with Gasteiger partial charge in [0.1, 0.15) is 12.6 Å². The number of nitrogens with one attached hydrogen (secondary N) is 1. The lowest BCUT2D eigenvalue weighted by Crippen LogP contribution is -2.48. The predicted octanol–water partition coefficient (Wildman–Crippen LogP) is 2.64. The van der Waals surface area contributed by atoms with Gasteiger partial charge in [0, 0.05) is 19.5 Å². The van der Waals surface area contributed by atoms with Crippen molar-refractivity contribution in [1.29, 1.82) is 0 Å². The first-order valence-corrected chi connectivity index (χ1v) is 9.52. The van der Waals surface area contributed by atoms with Crippen molar-refractivity contribution in [2.75, 3.05) is 19.7 Å². The number of carbonyl (C=O) groups excluding carboxylic acids is 3. The fourth-order valence-corrected chi connectivity index (χ4v) is 3.06. The third-order valence-corrected chi connectivity index (χ3v) is 4.43. The highest BCUT2D eigenvalue weighted by Crippen LogP contribution is 2.19. The van der Waals surface area contributed by atoms with Crippen LogP contribution in [-0.2, 0) is 25.7 Å². The van der Waals surface area contributed by atoms with E-state index in [1.807, 2.05) is 30.3 Å². The molecule has 1 heterocycles. The van der Waals surface area contributed by atoms with Crippen LogP contribution in [0.25, 0.3) is 0 Å². The van der Waals surface area contributed by atoms with Crippen molar-refractivity contribution in [1.82, 2.24) is 10.2 Å². The van der Waals surface area contributed by atoms with Gasteiger partial charge in [0.2, 0.25) is 5.91 Å². The third kappa shape index (κ3) is 6.92. The van der Waals surface area contributed by atoms with Crippen LogP contribution in [0.15, 0.2) is 30.3 Å². The molecule has 1 N–H and O–H groups in total. The maximum Gasteiger partial charge on any atom is 0.407 e. The lowest BCUT2D eigenvalue weighted by Gasteiger charge is -2.34. The standard InChI is InChI=1S/C20H28N2O5/c1-2-26-19(24)17-11-6-7-14-22(17)18(23)12-8-13-21-20(25)27-15-16-9-4-3-5-10-16/h3-5,9-10,17H,2,6-8,11-15H2,1H3,(H,21,25). The lowest BCUT2D eigenvalue weighted by molar-refractivity contribution is -0.156. The van der Waals surface area contributed by atoms with Gasteiger partial charge in [0.15, 0.2) is 0 Å². The number of esters is 1. The van der Waals surface area contributed by atoms with E-state index in [2.05, 4.69) is 5.32 Å². The van der Waals surface area contributed by atoms with Crippen LogP contribution in [0.3, 0.4) is 0 Å². The average molecular weight is 376 g/mol. The smallest absolute Gasteiger partial charge is 0.407 e. The third-order valence-electron chi connectivity index (χ3n) is 4.43. The maximum atomic E-state index is 12.4. The van der Waals surface area contributed by atoms with E-state index >= 15 is 0 Å². The van der Waals surface area contributed by atoms with Gasteiger partial charge in [-0.15, -0.1) is 0 Å². The van der Waals surface area contributed by atoms with Gasteiger partial charge >= 0.3 is 12.1 Å². The Morgan fingerprint density at radius 1 is 1.15 bits per heavy atom. The van der Waals surface area contributed by atoms with Crippen molar-refractivity contribution in [3.63, 3.8) is 0 Å². The highest BCUT2D eigenvalue weighted by molar-refractivity contribution is 5.84. The second-order valence-electron chi connectivity index (χ2n) is 6.44. The fraction of sp³-hybridized carbons (Fsp3) is 0.550. The summed E-state index contributed by atoms with van der Waals surface area (Å²) in [5, 5.41) is 2.64. The van der Waals surface area contributed by atoms with Gasteiger partial charge in [-0.1, -0.05) is 30.3 Å². The fourth-order valence-electron chi connectivity index (χ4n) is 3.06. The Morgan fingerprint density at radius 3 is 2.67 bits per heavy atom. The maximum absolute atomic E-state index is 12.4. The van der Waals surface area contributed by atoms with Crippen molar-refractivity contribution in [3.8, 4) is 0 Å². The minimum atomic E-state index is -0.506. The van der Waals surface area contributed by atoms with Crippen molar-refractivity contribution >= 4 is 18.0 Å². The van der Waals surface area contributed by atoms with Gasteiger partial charge in [-0.25, -0.2) is 9.59 Å². The number of hydrogen-bond donors (Lipinski definition) is 1. The number of ether oxygens (including phenoxy) is 2. The molecule has 7 nitrogen and oxygen atoms in total. The summed E-state index contributed by atoms with van der Waals surface area (Å²) in [5.41, 5.74) is 0.915. The number of benzene rings is 1. The minimum Gasteiger partial charge on any atom is -0.464 e. The highest BCUT2D eigenvalue weighted by atomic mass is 16.5. The highest BCUT2D eigenvalue weighted by Gasteiger charge is 2.32. The number of amides is 2. The second kappa shape index (κ2) is 11.2. The summed E-state index contributed by atoms with van der Waals surface area (Å²) < 4.78 is 10.2. The number of likely N-dealkylation sites (tertiary alicyclic amines) is 1. The molecule has 1 atom stereocenters. The summed E-state index contributed by atoms with van der Waals surface area (Å²) in [6, 6.07) is 8.94. The molecule has 0 saturated carbocycles. The molecule has 0 spiro atoms.